The Morgan fingerprint density at radius 3 is 2.59 bits per heavy atom. The number of aromatic amines is 1. The fraction of sp³-hybridized carbons (Fsp3) is 0.118. The largest absolute Gasteiger partial charge is 0.416 e. The first-order valence-electron chi connectivity index (χ1n) is 7.56. The minimum Gasteiger partial charge on any atom is -0.360 e. The van der Waals surface area contributed by atoms with Gasteiger partial charge in [0, 0.05) is 35.8 Å². The van der Waals surface area contributed by atoms with Crippen molar-refractivity contribution in [2.45, 2.75) is 12.7 Å². The zero-order chi connectivity index (χ0) is 19.8. The topological polar surface area (TPSA) is 88.0 Å². The van der Waals surface area contributed by atoms with E-state index in [9.17, 15) is 32.5 Å². The molecule has 27 heavy (non-hydrogen) atoms. The van der Waals surface area contributed by atoms with Gasteiger partial charge in [-0.05, 0) is 23.8 Å². The second-order valence-corrected chi connectivity index (χ2v) is 5.67. The van der Waals surface area contributed by atoms with Crippen molar-refractivity contribution in [2.75, 3.05) is 0 Å². The van der Waals surface area contributed by atoms with Crippen molar-refractivity contribution in [3.63, 3.8) is 0 Å². The highest BCUT2D eigenvalue weighted by atomic mass is 19.4. The summed E-state index contributed by atoms with van der Waals surface area (Å²) in [6.07, 6.45) is -3.47. The molecule has 2 N–H and O–H groups in total. The predicted octanol–water partition coefficient (Wildman–Crippen LogP) is 4.16. The Kier molecular flexibility index (Phi) is 4.56. The minimum atomic E-state index is -4.77. The average Bonchev–Trinajstić information content (AvgIpc) is 3.02. The first-order valence-corrected chi connectivity index (χ1v) is 7.56. The van der Waals surface area contributed by atoms with Crippen LogP contribution in [-0.2, 0) is 12.7 Å². The van der Waals surface area contributed by atoms with Gasteiger partial charge in [-0.3, -0.25) is 14.9 Å². The van der Waals surface area contributed by atoms with Crippen LogP contribution >= 0.6 is 0 Å². The van der Waals surface area contributed by atoms with Crippen molar-refractivity contribution in [1.29, 1.82) is 0 Å². The lowest BCUT2D eigenvalue weighted by atomic mass is 10.1. The molecule has 0 atom stereocenters. The highest BCUT2D eigenvalue weighted by Gasteiger charge is 2.33. The number of hydrogen-bond acceptors (Lipinski definition) is 3. The third-order valence-electron chi connectivity index (χ3n) is 3.94. The molecule has 0 bridgehead atoms. The molecule has 10 heteroatoms. The maximum Gasteiger partial charge on any atom is 0.416 e. The van der Waals surface area contributed by atoms with Crippen molar-refractivity contribution in [3.05, 3.63) is 75.2 Å². The van der Waals surface area contributed by atoms with E-state index in [4.69, 9.17) is 0 Å². The van der Waals surface area contributed by atoms with Crippen LogP contribution in [0.3, 0.4) is 0 Å². The van der Waals surface area contributed by atoms with Crippen molar-refractivity contribution >= 4 is 22.5 Å². The molecule has 1 aromatic heterocycles. The summed E-state index contributed by atoms with van der Waals surface area (Å²) in [5.74, 6) is -1.76. The standard InChI is InChI=1S/C17H11F4N3O3/c18-10-2-1-9(14(5-10)17(19,20)21)7-23-16(25)13-8-22-15-4-3-11(24(26)27)6-12(13)15/h1-6,8,22H,7H2,(H,23,25). The van der Waals surface area contributed by atoms with Crippen LogP contribution in [0.5, 0.6) is 0 Å². The molecule has 2 aromatic carbocycles. The number of carbonyl (C=O) groups is 1. The molecule has 140 valence electrons. The summed E-state index contributed by atoms with van der Waals surface area (Å²) >= 11 is 0. The molecular weight excluding hydrogens is 370 g/mol. The lowest BCUT2D eigenvalue weighted by Crippen LogP contribution is -2.24. The molecule has 1 heterocycles. The number of aromatic nitrogens is 1. The number of halogens is 4. The van der Waals surface area contributed by atoms with Crippen LogP contribution in [0.4, 0.5) is 23.2 Å². The minimum absolute atomic E-state index is 0.0457. The third-order valence-corrected chi connectivity index (χ3v) is 3.94. The highest BCUT2D eigenvalue weighted by molar-refractivity contribution is 6.07. The maximum atomic E-state index is 13.1. The average molecular weight is 381 g/mol. The molecule has 3 rings (SSSR count). The zero-order valence-electron chi connectivity index (χ0n) is 13.4. The van der Waals surface area contributed by atoms with Crippen LogP contribution in [0.2, 0.25) is 0 Å². The third kappa shape index (κ3) is 3.73. The summed E-state index contributed by atoms with van der Waals surface area (Å²) in [4.78, 5) is 25.4. The lowest BCUT2D eigenvalue weighted by Gasteiger charge is -2.13. The van der Waals surface area contributed by atoms with Gasteiger partial charge in [0.1, 0.15) is 5.82 Å². The molecule has 0 aliphatic rings. The van der Waals surface area contributed by atoms with Crippen molar-refractivity contribution in [3.8, 4) is 0 Å². The number of carbonyl (C=O) groups excluding carboxylic acids is 1. The Morgan fingerprint density at radius 1 is 1.19 bits per heavy atom. The smallest absolute Gasteiger partial charge is 0.360 e. The second kappa shape index (κ2) is 6.71. The molecule has 1 amide bonds. The number of nitro benzene ring substituents is 1. The van der Waals surface area contributed by atoms with Gasteiger partial charge in [-0.15, -0.1) is 0 Å². The summed E-state index contributed by atoms with van der Waals surface area (Å²) in [5.41, 5.74) is -1.21. The van der Waals surface area contributed by atoms with Crippen molar-refractivity contribution in [2.24, 2.45) is 0 Å². The number of rotatable bonds is 4. The number of amides is 1. The summed E-state index contributed by atoms with van der Waals surface area (Å²) in [6, 6.07) is 6.04. The van der Waals surface area contributed by atoms with Gasteiger partial charge in [-0.1, -0.05) is 6.07 Å². The zero-order valence-corrected chi connectivity index (χ0v) is 13.4. The summed E-state index contributed by atoms with van der Waals surface area (Å²) in [7, 11) is 0. The van der Waals surface area contributed by atoms with Gasteiger partial charge in [-0.25, -0.2) is 4.39 Å². The fourth-order valence-corrected chi connectivity index (χ4v) is 2.65. The van der Waals surface area contributed by atoms with E-state index in [1.54, 1.807) is 0 Å². The van der Waals surface area contributed by atoms with Gasteiger partial charge in [0.25, 0.3) is 11.6 Å². The summed E-state index contributed by atoms with van der Waals surface area (Å²) < 4.78 is 52.1. The van der Waals surface area contributed by atoms with Crippen LogP contribution in [-0.4, -0.2) is 15.8 Å². The molecule has 0 aliphatic heterocycles. The SMILES string of the molecule is O=C(NCc1ccc(F)cc1C(F)(F)F)c1c[nH]c2ccc([N+](=O)[O-])cc12. The molecule has 0 saturated heterocycles. The van der Waals surface area contributed by atoms with E-state index in [0.29, 0.717) is 11.6 Å². The number of nitrogens with zero attached hydrogens (tertiary/aromatic N) is 1. The lowest BCUT2D eigenvalue weighted by molar-refractivity contribution is -0.384. The van der Waals surface area contributed by atoms with E-state index in [2.05, 4.69) is 10.3 Å². The number of benzene rings is 2. The van der Waals surface area contributed by atoms with E-state index in [-0.39, 0.29) is 22.2 Å². The monoisotopic (exact) mass is 381 g/mol. The fourth-order valence-electron chi connectivity index (χ4n) is 2.65. The van der Waals surface area contributed by atoms with Crippen molar-refractivity contribution in [1.82, 2.24) is 10.3 Å². The number of hydrogen-bond donors (Lipinski definition) is 2. The van der Waals surface area contributed by atoms with E-state index in [1.807, 2.05) is 0 Å². The van der Waals surface area contributed by atoms with E-state index < -0.39 is 34.9 Å². The van der Waals surface area contributed by atoms with Gasteiger partial charge in [0.15, 0.2) is 0 Å². The van der Waals surface area contributed by atoms with Gasteiger partial charge in [0.2, 0.25) is 0 Å². The first-order chi connectivity index (χ1) is 12.7. The Hall–Kier alpha value is -3.43. The van der Waals surface area contributed by atoms with Gasteiger partial charge in [-0.2, -0.15) is 13.2 Å². The molecule has 0 radical (unpaired) electrons. The molecule has 0 saturated carbocycles. The van der Waals surface area contributed by atoms with E-state index in [1.165, 1.54) is 24.4 Å². The Balaban J connectivity index is 1.86. The van der Waals surface area contributed by atoms with Crippen LogP contribution < -0.4 is 5.32 Å². The van der Waals surface area contributed by atoms with Crippen LogP contribution in [0.15, 0.2) is 42.6 Å². The van der Waals surface area contributed by atoms with E-state index in [0.717, 1.165) is 12.1 Å². The molecular formula is C17H11F4N3O3. The highest BCUT2D eigenvalue weighted by Crippen LogP contribution is 2.32. The van der Waals surface area contributed by atoms with Crippen molar-refractivity contribution < 1.29 is 27.3 Å². The number of nitrogens with one attached hydrogen (secondary N) is 2. The van der Waals surface area contributed by atoms with Gasteiger partial charge < -0.3 is 10.3 Å². The number of nitro groups is 1. The number of fused-ring (bicyclic) bond motifs is 1. The Morgan fingerprint density at radius 2 is 1.93 bits per heavy atom. The summed E-state index contributed by atoms with van der Waals surface area (Å²) in [5, 5.41) is 13.5. The van der Waals surface area contributed by atoms with Gasteiger partial charge in [0.05, 0.1) is 16.1 Å². The molecule has 3 aromatic rings. The Bertz CT molecular complexity index is 1040. The Labute approximate surface area is 149 Å². The molecule has 0 fully saturated rings. The number of alkyl halides is 3. The molecule has 0 spiro atoms. The van der Waals surface area contributed by atoms with Crippen LogP contribution in [0, 0.1) is 15.9 Å². The van der Waals surface area contributed by atoms with Crippen LogP contribution in [0.25, 0.3) is 10.9 Å². The predicted molar refractivity (Wildman–Crippen MR) is 87.5 cm³/mol. The molecule has 0 aliphatic carbocycles. The normalized spacial score (nSPS) is 11.6. The second-order valence-electron chi connectivity index (χ2n) is 5.67. The molecule has 6 nitrogen and oxygen atoms in total. The van der Waals surface area contributed by atoms with Gasteiger partial charge >= 0.3 is 6.18 Å². The maximum absolute atomic E-state index is 13.1. The first kappa shape index (κ1) is 18.4. The quantitative estimate of drug-likeness (QED) is 0.404. The number of H-pyrrole nitrogens is 1. The summed E-state index contributed by atoms with van der Waals surface area (Å²) in [6.45, 7) is -0.491. The van der Waals surface area contributed by atoms with Crippen LogP contribution in [0.1, 0.15) is 21.5 Å². The number of non-ortho nitro benzene ring substituents is 1. The molecule has 0 unspecified atom stereocenters. The van der Waals surface area contributed by atoms with E-state index >= 15 is 0 Å².